The largest absolute Gasteiger partial charge is 0.365 e. The fraction of sp³-hybridized carbons (Fsp3) is 0.273. The summed E-state index contributed by atoms with van der Waals surface area (Å²) >= 11 is 3.04. The Morgan fingerprint density at radius 1 is 1.50 bits per heavy atom. The van der Waals surface area contributed by atoms with Gasteiger partial charge in [-0.1, -0.05) is 0 Å². The van der Waals surface area contributed by atoms with E-state index in [0.717, 1.165) is 26.4 Å². The number of carbonyl (C=O) groups excluding carboxylic acids is 1. The number of aryl methyl sites for hydroxylation is 2. The number of thioether (sulfide) groups is 1. The molecule has 5 heteroatoms. The number of aromatic nitrogens is 1. The molecule has 0 bridgehead atoms. The van der Waals surface area contributed by atoms with Crippen molar-refractivity contribution in [1.82, 2.24) is 4.98 Å². The fourth-order valence-corrected chi connectivity index (χ4v) is 3.63. The number of nitrogens with two attached hydrogens (primary N) is 1. The van der Waals surface area contributed by atoms with Crippen LogP contribution in [0.2, 0.25) is 0 Å². The lowest BCUT2D eigenvalue weighted by Gasteiger charge is -2.02. The van der Waals surface area contributed by atoms with Crippen molar-refractivity contribution in [3.05, 3.63) is 22.2 Å². The highest BCUT2D eigenvalue weighted by Crippen LogP contribution is 2.35. The molecule has 0 saturated carbocycles. The van der Waals surface area contributed by atoms with Crippen molar-refractivity contribution in [1.29, 1.82) is 0 Å². The average molecular weight is 252 g/mol. The third-order valence-corrected chi connectivity index (χ3v) is 4.40. The van der Waals surface area contributed by atoms with Crippen LogP contribution in [-0.2, 0) is 0 Å². The molecular formula is C11H12N2OS2. The van der Waals surface area contributed by atoms with Gasteiger partial charge >= 0.3 is 0 Å². The highest BCUT2D eigenvalue weighted by Gasteiger charge is 2.16. The fourth-order valence-electron chi connectivity index (χ4n) is 1.72. The van der Waals surface area contributed by atoms with E-state index in [2.05, 4.69) is 4.98 Å². The van der Waals surface area contributed by atoms with E-state index in [-0.39, 0.29) is 5.91 Å². The Morgan fingerprint density at radius 3 is 2.75 bits per heavy atom. The Bertz CT molecular complexity index is 575. The van der Waals surface area contributed by atoms with Gasteiger partial charge in [0.05, 0.1) is 4.88 Å². The number of rotatable bonds is 2. The molecule has 0 spiro atoms. The first-order valence-electron chi connectivity index (χ1n) is 4.79. The van der Waals surface area contributed by atoms with Crippen LogP contribution in [0.5, 0.6) is 0 Å². The van der Waals surface area contributed by atoms with Crippen LogP contribution in [0.3, 0.4) is 0 Å². The average Bonchev–Trinajstić information content (AvgIpc) is 2.55. The van der Waals surface area contributed by atoms with Gasteiger partial charge in [0.2, 0.25) is 0 Å². The minimum Gasteiger partial charge on any atom is -0.365 e. The smallest absolute Gasteiger partial charge is 0.259 e. The van der Waals surface area contributed by atoms with Crippen molar-refractivity contribution in [2.45, 2.75) is 18.7 Å². The first-order chi connectivity index (χ1) is 7.54. The minimum atomic E-state index is -0.370. The SMILES string of the molecule is CSc1cc(C)nc2sc(C(N)=O)c(C)c12. The van der Waals surface area contributed by atoms with E-state index < -0.39 is 0 Å². The lowest BCUT2D eigenvalue weighted by molar-refractivity contribution is 0.100. The number of primary amides is 1. The molecule has 0 aliphatic heterocycles. The molecule has 0 radical (unpaired) electrons. The van der Waals surface area contributed by atoms with Crippen LogP contribution >= 0.6 is 23.1 Å². The molecule has 1 amide bonds. The molecule has 2 heterocycles. The Kier molecular flexibility index (Phi) is 2.90. The molecule has 3 nitrogen and oxygen atoms in total. The molecule has 0 unspecified atom stereocenters. The van der Waals surface area contributed by atoms with Gasteiger partial charge in [0.25, 0.3) is 5.91 Å². The number of hydrogen-bond acceptors (Lipinski definition) is 4. The van der Waals surface area contributed by atoms with Crippen LogP contribution in [0.4, 0.5) is 0 Å². The van der Waals surface area contributed by atoms with Gasteiger partial charge in [-0.25, -0.2) is 4.98 Å². The molecule has 0 atom stereocenters. The van der Waals surface area contributed by atoms with E-state index in [4.69, 9.17) is 5.73 Å². The van der Waals surface area contributed by atoms with E-state index in [9.17, 15) is 4.79 Å². The second kappa shape index (κ2) is 4.07. The van der Waals surface area contributed by atoms with Crippen molar-refractivity contribution < 1.29 is 4.79 Å². The minimum absolute atomic E-state index is 0.370. The molecule has 0 aliphatic rings. The lowest BCUT2D eigenvalue weighted by atomic mass is 10.2. The molecule has 84 valence electrons. The van der Waals surface area contributed by atoms with Gasteiger partial charge in [0, 0.05) is 16.0 Å². The zero-order valence-corrected chi connectivity index (χ0v) is 11.0. The molecular weight excluding hydrogens is 240 g/mol. The first-order valence-corrected chi connectivity index (χ1v) is 6.83. The molecule has 0 fully saturated rings. The van der Waals surface area contributed by atoms with Crippen molar-refractivity contribution >= 4 is 39.2 Å². The summed E-state index contributed by atoms with van der Waals surface area (Å²) in [6.45, 7) is 3.88. The zero-order valence-electron chi connectivity index (χ0n) is 9.33. The van der Waals surface area contributed by atoms with Gasteiger partial charge in [-0.2, -0.15) is 0 Å². The van der Waals surface area contributed by atoms with Crippen molar-refractivity contribution in [3.8, 4) is 0 Å². The number of thiophene rings is 1. The summed E-state index contributed by atoms with van der Waals surface area (Å²) < 4.78 is 0. The predicted octanol–water partition coefficient (Wildman–Crippen LogP) is 2.73. The maximum atomic E-state index is 11.3. The molecule has 16 heavy (non-hydrogen) atoms. The van der Waals surface area contributed by atoms with Crippen molar-refractivity contribution in [2.75, 3.05) is 6.26 Å². The third-order valence-electron chi connectivity index (χ3n) is 2.44. The monoisotopic (exact) mass is 252 g/mol. The van der Waals surface area contributed by atoms with Crippen LogP contribution in [0.1, 0.15) is 20.9 Å². The van der Waals surface area contributed by atoms with E-state index in [1.807, 2.05) is 26.2 Å². The number of amides is 1. The summed E-state index contributed by atoms with van der Waals surface area (Å²) in [5, 5.41) is 1.07. The molecule has 0 aliphatic carbocycles. The van der Waals surface area contributed by atoms with E-state index >= 15 is 0 Å². The Labute approximate surface area is 102 Å². The van der Waals surface area contributed by atoms with E-state index in [1.54, 1.807) is 11.8 Å². The van der Waals surface area contributed by atoms with Crippen LogP contribution < -0.4 is 5.73 Å². The summed E-state index contributed by atoms with van der Waals surface area (Å²) in [6.07, 6.45) is 2.02. The highest BCUT2D eigenvalue weighted by molar-refractivity contribution is 7.98. The summed E-state index contributed by atoms with van der Waals surface area (Å²) in [7, 11) is 0. The van der Waals surface area contributed by atoms with Crippen molar-refractivity contribution in [3.63, 3.8) is 0 Å². The molecule has 2 N–H and O–H groups in total. The topological polar surface area (TPSA) is 56.0 Å². The summed E-state index contributed by atoms with van der Waals surface area (Å²) in [5.74, 6) is -0.370. The lowest BCUT2D eigenvalue weighted by Crippen LogP contribution is -2.09. The van der Waals surface area contributed by atoms with Gasteiger partial charge in [0.1, 0.15) is 4.83 Å². The Morgan fingerprint density at radius 2 is 2.19 bits per heavy atom. The zero-order chi connectivity index (χ0) is 11.9. The van der Waals surface area contributed by atoms with Gasteiger partial charge in [0.15, 0.2) is 0 Å². The molecule has 2 aromatic heterocycles. The first kappa shape index (κ1) is 11.4. The molecule has 2 aromatic rings. The maximum absolute atomic E-state index is 11.3. The van der Waals surface area contributed by atoms with E-state index in [0.29, 0.717) is 4.88 Å². The maximum Gasteiger partial charge on any atom is 0.259 e. The Balaban J connectivity index is 2.85. The third kappa shape index (κ3) is 1.70. The number of nitrogens with zero attached hydrogens (tertiary/aromatic N) is 1. The summed E-state index contributed by atoms with van der Waals surface area (Å²) in [6, 6.07) is 2.04. The van der Waals surface area contributed by atoms with Crippen LogP contribution in [0, 0.1) is 13.8 Å². The van der Waals surface area contributed by atoms with Gasteiger partial charge in [-0.3, -0.25) is 4.79 Å². The number of hydrogen-bond donors (Lipinski definition) is 1. The molecule has 0 saturated heterocycles. The van der Waals surface area contributed by atoms with Crippen molar-refractivity contribution in [2.24, 2.45) is 5.73 Å². The standard InChI is InChI=1S/C11H12N2OS2/c1-5-4-7(15-3)8-6(2)9(10(12)14)16-11(8)13-5/h4H,1-3H3,(H2,12,14). The quantitative estimate of drug-likeness (QED) is 0.836. The number of pyridine rings is 1. The summed E-state index contributed by atoms with van der Waals surface area (Å²) in [5.41, 5.74) is 7.26. The predicted molar refractivity (Wildman–Crippen MR) is 69.4 cm³/mol. The summed E-state index contributed by atoms with van der Waals surface area (Å²) in [4.78, 5) is 18.4. The van der Waals surface area contributed by atoms with Crippen LogP contribution in [0.25, 0.3) is 10.2 Å². The Hall–Kier alpha value is -1.07. The second-order valence-corrected chi connectivity index (χ2v) is 5.41. The normalized spacial score (nSPS) is 10.9. The van der Waals surface area contributed by atoms with Crippen LogP contribution in [0.15, 0.2) is 11.0 Å². The highest BCUT2D eigenvalue weighted by atomic mass is 32.2. The second-order valence-electron chi connectivity index (χ2n) is 3.57. The molecule has 0 aromatic carbocycles. The molecule has 2 rings (SSSR count). The van der Waals surface area contributed by atoms with Gasteiger partial charge in [-0.05, 0) is 31.7 Å². The number of carbonyl (C=O) groups is 1. The van der Waals surface area contributed by atoms with Gasteiger partial charge in [-0.15, -0.1) is 23.1 Å². The van der Waals surface area contributed by atoms with Crippen LogP contribution in [-0.4, -0.2) is 17.1 Å². The van der Waals surface area contributed by atoms with Gasteiger partial charge < -0.3 is 5.73 Å². The van der Waals surface area contributed by atoms with E-state index in [1.165, 1.54) is 11.3 Å². The number of fused-ring (bicyclic) bond motifs is 1.